The molecule has 1 N–H and O–H groups in total. The van der Waals surface area contributed by atoms with Crippen LogP contribution in [-0.2, 0) is 11.8 Å². The van der Waals surface area contributed by atoms with Crippen LogP contribution in [0.4, 0.5) is 0 Å². The van der Waals surface area contributed by atoms with Crippen molar-refractivity contribution in [1.29, 1.82) is 0 Å². The van der Waals surface area contributed by atoms with Crippen LogP contribution in [0.1, 0.15) is 69.1 Å². The molecule has 28 heavy (non-hydrogen) atoms. The molecule has 1 saturated heterocycles. The molecule has 0 aromatic heterocycles. The number of likely N-dealkylation sites (tertiary alicyclic amines) is 1. The van der Waals surface area contributed by atoms with Crippen LogP contribution in [-0.4, -0.2) is 36.2 Å². The van der Waals surface area contributed by atoms with E-state index in [1.54, 1.807) is 16.0 Å². The van der Waals surface area contributed by atoms with Crippen molar-refractivity contribution < 1.29 is 5.11 Å². The van der Waals surface area contributed by atoms with Gasteiger partial charge in [-0.25, -0.2) is 0 Å². The maximum atomic E-state index is 8.97. The smallest absolute Gasteiger partial charge is 0.0431 e. The zero-order chi connectivity index (χ0) is 19.6. The molecule has 3 heteroatoms. The lowest BCUT2D eigenvalue weighted by molar-refractivity contribution is 0.262. The number of benzene rings is 1. The largest absolute Gasteiger partial charge is 0.396 e. The molecule has 3 aliphatic rings. The highest BCUT2D eigenvalue weighted by Crippen LogP contribution is 2.42. The number of aryl methyl sites for hydroxylation is 1. The molecular weight excluding hydrogens is 362 g/mol. The number of fused-ring (bicyclic) bond motifs is 1. The number of allylic oxidation sites excluding steroid dienone is 2. The fourth-order valence-corrected chi connectivity index (χ4v) is 6.20. The Morgan fingerprint density at radius 3 is 2.93 bits per heavy atom. The molecule has 1 aliphatic carbocycles. The third kappa shape index (κ3) is 4.42. The van der Waals surface area contributed by atoms with Gasteiger partial charge in [-0.2, -0.15) is 0 Å². The van der Waals surface area contributed by atoms with Crippen molar-refractivity contribution in [3.63, 3.8) is 0 Å². The highest BCUT2D eigenvalue weighted by atomic mass is 32.2. The van der Waals surface area contributed by atoms with E-state index in [0.717, 1.165) is 25.8 Å². The molecule has 152 valence electrons. The standard InChI is InChI=1S/C25H35NOS/c1-25(2)12-5-6-20-16-19(7-9-23(20)25)22-8-10-24(28-18-22)21-11-14-26(17-21)13-3-4-15-27/h7,9-10,16,18,21,27H,3-6,8,11-15,17H2,1-2H3. The second-order valence-electron chi connectivity index (χ2n) is 9.40. The van der Waals surface area contributed by atoms with Gasteiger partial charge in [-0.3, -0.25) is 0 Å². The van der Waals surface area contributed by atoms with E-state index in [-0.39, 0.29) is 0 Å². The minimum Gasteiger partial charge on any atom is -0.396 e. The van der Waals surface area contributed by atoms with Crippen LogP contribution in [0, 0.1) is 5.92 Å². The van der Waals surface area contributed by atoms with Gasteiger partial charge < -0.3 is 10.0 Å². The van der Waals surface area contributed by atoms with Crippen LogP contribution in [0.25, 0.3) is 5.57 Å². The maximum absolute atomic E-state index is 8.97. The van der Waals surface area contributed by atoms with E-state index < -0.39 is 0 Å². The first-order valence-electron chi connectivity index (χ1n) is 11.1. The van der Waals surface area contributed by atoms with Gasteiger partial charge in [0.25, 0.3) is 0 Å². The summed E-state index contributed by atoms with van der Waals surface area (Å²) in [5.74, 6) is 0.709. The number of unbranched alkanes of at least 4 members (excludes halogenated alkanes) is 1. The number of aliphatic hydroxyl groups is 1. The van der Waals surface area contributed by atoms with Crippen molar-refractivity contribution in [3.8, 4) is 0 Å². The molecule has 1 unspecified atom stereocenters. The average molecular weight is 398 g/mol. The van der Waals surface area contributed by atoms with Crippen LogP contribution in [0.5, 0.6) is 0 Å². The molecule has 2 heterocycles. The molecule has 2 nitrogen and oxygen atoms in total. The fraction of sp³-hybridized carbons (Fsp3) is 0.600. The monoisotopic (exact) mass is 397 g/mol. The summed E-state index contributed by atoms with van der Waals surface area (Å²) in [5, 5.41) is 11.4. The number of hydrogen-bond donors (Lipinski definition) is 1. The van der Waals surface area contributed by atoms with E-state index in [1.165, 1.54) is 49.9 Å². The van der Waals surface area contributed by atoms with Crippen molar-refractivity contribution in [2.75, 3.05) is 26.2 Å². The van der Waals surface area contributed by atoms with Crippen molar-refractivity contribution in [2.24, 2.45) is 5.92 Å². The minimum absolute atomic E-state index is 0.325. The Kier molecular flexibility index (Phi) is 6.34. The van der Waals surface area contributed by atoms with E-state index in [2.05, 4.69) is 48.4 Å². The summed E-state index contributed by atoms with van der Waals surface area (Å²) in [5.41, 5.74) is 6.38. The lowest BCUT2D eigenvalue weighted by atomic mass is 9.72. The normalized spacial score (nSPS) is 24.6. The fourth-order valence-electron chi connectivity index (χ4n) is 5.13. The summed E-state index contributed by atoms with van der Waals surface area (Å²) in [6.45, 7) is 8.66. The van der Waals surface area contributed by atoms with Gasteiger partial charge in [0.15, 0.2) is 0 Å². The predicted octanol–water partition coefficient (Wildman–Crippen LogP) is 5.76. The van der Waals surface area contributed by atoms with Crippen LogP contribution in [0.2, 0.25) is 0 Å². The average Bonchev–Trinajstić information content (AvgIpc) is 3.17. The van der Waals surface area contributed by atoms with Gasteiger partial charge in [0.05, 0.1) is 0 Å². The van der Waals surface area contributed by atoms with Gasteiger partial charge in [-0.15, -0.1) is 11.8 Å². The number of aliphatic hydroxyl groups excluding tert-OH is 1. The number of rotatable bonds is 6. The summed E-state index contributed by atoms with van der Waals surface area (Å²) in [7, 11) is 0. The van der Waals surface area contributed by atoms with Gasteiger partial charge in [-0.1, -0.05) is 38.1 Å². The van der Waals surface area contributed by atoms with Crippen LogP contribution >= 0.6 is 11.8 Å². The first-order chi connectivity index (χ1) is 13.6. The van der Waals surface area contributed by atoms with E-state index in [4.69, 9.17) is 5.11 Å². The Morgan fingerprint density at radius 1 is 1.25 bits per heavy atom. The third-order valence-electron chi connectivity index (χ3n) is 6.87. The highest BCUT2D eigenvalue weighted by Gasteiger charge is 2.28. The molecule has 0 bridgehead atoms. The minimum atomic E-state index is 0.325. The van der Waals surface area contributed by atoms with Crippen molar-refractivity contribution in [3.05, 3.63) is 51.3 Å². The Balaban J connectivity index is 1.37. The van der Waals surface area contributed by atoms with Crippen molar-refractivity contribution in [1.82, 2.24) is 4.90 Å². The predicted molar refractivity (Wildman–Crippen MR) is 122 cm³/mol. The SMILES string of the molecule is CC1(C)CCCc2cc(C3=CSC(C4CCN(CCCCO)C4)=CC3)ccc21. The summed E-state index contributed by atoms with van der Waals surface area (Å²) in [6, 6.07) is 7.23. The molecule has 1 aromatic carbocycles. The van der Waals surface area contributed by atoms with Crippen molar-refractivity contribution in [2.45, 2.75) is 64.2 Å². The lowest BCUT2D eigenvalue weighted by Crippen LogP contribution is -2.23. The molecule has 1 atom stereocenters. The molecule has 0 amide bonds. The first kappa shape index (κ1) is 20.3. The molecule has 4 rings (SSSR count). The van der Waals surface area contributed by atoms with Crippen LogP contribution in [0.15, 0.2) is 34.6 Å². The van der Waals surface area contributed by atoms with E-state index in [1.807, 2.05) is 11.8 Å². The summed E-state index contributed by atoms with van der Waals surface area (Å²) < 4.78 is 0. The first-order valence-corrected chi connectivity index (χ1v) is 12.0. The van der Waals surface area contributed by atoms with Crippen LogP contribution < -0.4 is 0 Å². The molecule has 0 radical (unpaired) electrons. The number of hydrogen-bond acceptors (Lipinski definition) is 3. The summed E-state index contributed by atoms with van der Waals surface area (Å²) in [4.78, 5) is 4.15. The zero-order valence-electron chi connectivity index (χ0n) is 17.5. The van der Waals surface area contributed by atoms with Gasteiger partial charge in [0, 0.05) is 19.1 Å². The van der Waals surface area contributed by atoms with E-state index in [0.29, 0.717) is 17.9 Å². The number of nitrogens with zero attached hydrogens (tertiary/aromatic N) is 1. The van der Waals surface area contributed by atoms with Gasteiger partial charge in [0.1, 0.15) is 0 Å². The molecule has 1 aromatic rings. The summed E-state index contributed by atoms with van der Waals surface area (Å²) in [6.07, 6.45) is 10.8. The second-order valence-corrected chi connectivity index (χ2v) is 10.3. The Hall–Kier alpha value is -1.03. The molecule has 1 fully saturated rings. The third-order valence-corrected chi connectivity index (χ3v) is 8.05. The Labute approximate surface area is 175 Å². The maximum Gasteiger partial charge on any atom is 0.0431 e. The van der Waals surface area contributed by atoms with Crippen molar-refractivity contribution >= 4 is 17.3 Å². The molecule has 0 spiro atoms. The second kappa shape index (κ2) is 8.77. The topological polar surface area (TPSA) is 23.5 Å². The summed E-state index contributed by atoms with van der Waals surface area (Å²) >= 11 is 1.96. The van der Waals surface area contributed by atoms with Gasteiger partial charge in [0.2, 0.25) is 0 Å². The number of thioether (sulfide) groups is 1. The highest BCUT2D eigenvalue weighted by molar-refractivity contribution is 8.06. The van der Waals surface area contributed by atoms with Crippen LogP contribution in [0.3, 0.4) is 0 Å². The van der Waals surface area contributed by atoms with Gasteiger partial charge >= 0.3 is 0 Å². The van der Waals surface area contributed by atoms with E-state index >= 15 is 0 Å². The molecular formula is C25H35NOS. The molecule has 2 aliphatic heterocycles. The Morgan fingerprint density at radius 2 is 2.14 bits per heavy atom. The zero-order valence-corrected chi connectivity index (χ0v) is 18.4. The van der Waals surface area contributed by atoms with Gasteiger partial charge in [-0.05, 0) is 96.0 Å². The lowest BCUT2D eigenvalue weighted by Gasteiger charge is -2.33. The quantitative estimate of drug-likeness (QED) is 0.618. The molecule has 0 saturated carbocycles. The Bertz CT molecular complexity index is 764. The van der Waals surface area contributed by atoms with E-state index in [9.17, 15) is 0 Å².